The lowest BCUT2D eigenvalue weighted by molar-refractivity contribution is 0.641. The third kappa shape index (κ3) is 3.26. The van der Waals surface area contributed by atoms with Crippen molar-refractivity contribution in [3.63, 3.8) is 0 Å². The molecular weight excluding hydrogens is 290 g/mol. The maximum absolute atomic E-state index is 4.59. The Morgan fingerprint density at radius 3 is 2.21 bits per heavy atom. The number of hydrogen-bond donors (Lipinski definition) is 0. The fraction of sp³-hybridized carbons (Fsp3) is 0.261. The van der Waals surface area contributed by atoms with Crippen LogP contribution >= 0.6 is 0 Å². The first-order valence-corrected chi connectivity index (χ1v) is 8.61. The summed E-state index contributed by atoms with van der Waals surface area (Å²) in [5.41, 5.74) is 6.15. The maximum Gasteiger partial charge on any atom is 0.0704 e. The average Bonchev–Trinajstić information content (AvgIpc) is 2.62. The lowest BCUT2D eigenvalue weighted by Gasteiger charge is -2.26. The van der Waals surface area contributed by atoms with Gasteiger partial charge in [0.2, 0.25) is 0 Å². The standard InChI is InChI=1S/C23H25N/c1-17(2)18-13-14-24-22(16-18)19-9-8-12-21(15-19)23(3,4)20-10-6-5-7-11-20/h5-17H,1-4H3. The summed E-state index contributed by atoms with van der Waals surface area (Å²) in [6.45, 7) is 8.99. The van der Waals surface area contributed by atoms with Crippen molar-refractivity contribution in [1.82, 2.24) is 4.98 Å². The first-order valence-electron chi connectivity index (χ1n) is 8.61. The topological polar surface area (TPSA) is 12.9 Å². The predicted octanol–water partition coefficient (Wildman–Crippen LogP) is 6.20. The molecule has 1 heteroatoms. The molecule has 2 aromatic carbocycles. The van der Waals surface area contributed by atoms with Gasteiger partial charge in [0.25, 0.3) is 0 Å². The van der Waals surface area contributed by atoms with Gasteiger partial charge in [-0.15, -0.1) is 0 Å². The molecule has 122 valence electrons. The van der Waals surface area contributed by atoms with E-state index in [1.54, 1.807) is 0 Å². The molecule has 0 spiro atoms. The van der Waals surface area contributed by atoms with E-state index in [4.69, 9.17) is 0 Å². The van der Waals surface area contributed by atoms with E-state index in [0.29, 0.717) is 5.92 Å². The van der Waals surface area contributed by atoms with Gasteiger partial charge in [-0.1, -0.05) is 76.2 Å². The molecule has 3 aromatic rings. The van der Waals surface area contributed by atoms with Crippen molar-refractivity contribution >= 4 is 0 Å². The van der Waals surface area contributed by atoms with E-state index in [0.717, 1.165) is 5.69 Å². The van der Waals surface area contributed by atoms with E-state index in [1.165, 1.54) is 22.3 Å². The number of pyridine rings is 1. The Bertz CT molecular complexity index is 816. The molecule has 0 N–H and O–H groups in total. The summed E-state index contributed by atoms with van der Waals surface area (Å²) in [6, 6.07) is 23.8. The second kappa shape index (κ2) is 6.60. The summed E-state index contributed by atoms with van der Waals surface area (Å²) in [5, 5.41) is 0. The van der Waals surface area contributed by atoms with Crippen LogP contribution in [0.25, 0.3) is 11.3 Å². The van der Waals surface area contributed by atoms with Gasteiger partial charge in [0.1, 0.15) is 0 Å². The molecule has 0 aliphatic heterocycles. The van der Waals surface area contributed by atoms with Crippen molar-refractivity contribution in [1.29, 1.82) is 0 Å². The van der Waals surface area contributed by atoms with Gasteiger partial charge < -0.3 is 0 Å². The second-order valence-electron chi connectivity index (χ2n) is 7.20. The number of rotatable bonds is 4. The number of hydrogen-bond acceptors (Lipinski definition) is 1. The molecule has 0 saturated heterocycles. The fourth-order valence-electron chi connectivity index (χ4n) is 3.05. The highest BCUT2D eigenvalue weighted by Crippen LogP contribution is 2.33. The quantitative estimate of drug-likeness (QED) is 0.558. The molecule has 0 bridgehead atoms. The largest absolute Gasteiger partial charge is 0.256 e. The van der Waals surface area contributed by atoms with Crippen LogP contribution in [0.15, 0.2) is 72.9 Å². The van der Waals surface area contributed by atoms with Crippen LogP contribution in [-0.2, 0) is 5.41 Å². The molecule has 1 aromatic heterocycles. The van der Waals surface area contributed by atoms with E-state index < -0.39 is 0 Å². The summed E-state index contributed by atoms with van der Waals surface area (Å²) in [6.07, 6.45) is 1.92. The van der Waals surface area contributed by atoms with E-state index in [-0.39, 0.29) is 5.41 Å². The molecule has 0 atom stereocenters. The SMILES string of the molecule is CC(C)c1ccnc(-c2cccc(C(C)(C)c3ccccc3)c2)c1. The Morgan fingerprint density at radius 2 is 1.50 bits per heavy atom. The third-order valence-electron chi connectivity index (χ3n) is 4.83. The minimum absolute atomic E-state index is 0.0348. The highest BCUT2D eigenvalue weighted by molar-refractivity contribution is 5.62. The van der Waals surface area contributed by atoms with Crippen LogP contribution in [0.2, 0.25) is 0 Å². The summed E-state index contributed by atoms with van der Waals surface area (Å²) in [5.74, 6) is 0.510. The highest BCUT2D eigenvalue weighted by atomic mass is 14.7. The molecule has 0 aliphatic rings. The van der Waals surface area contributed by atoms with E-state index >= 15 is 0 Å². The molecule has 0 aliphatic carbocycles. The molecule has 0 amide bonds. The van der Waals surface area contributed by atoms with Crippen molar-refractivity contribution in [2.75, 3.05) is 0 Å². The summed E-state index contributed by atoms with van der Waals surface area (Å²) in [4.78, 5) is 4.59. The summed E-state index contributed by atoms with van der Waals surface area (Å²) in [7, 11) is 0. The van der Waals surface area contributed by atoms with E-state index in [2.05, 4.69) is 99.4 Å². The van der Waals surface area contributed by atoms with Crippen LogP contribution in [0.5, 0.6) is 0 Å². The lowest BCUT2D eigenvalue weighted by atomic mass is 9.77. The Kier molecular flexibility index (Phi) is 4.53. The van der Waals surface area contributed by atoms with Gasteiger partial charge in [-0.2, -0.15) is 0 Å². The molecule has 0 fully saturated rings. The van der Waals surface area contributed by atoms with Gasteiger partial charge in [-0.25, -0.2) is 0 Å². The van der Waals surface area contributed by atoms with Crippen LogP contribution in [0.4, 0.5) is 0 Å². The minimum atomic E-state index is -0.0348. The molecule has 3 rings (SSSR count). The monoisotopic (exact) mass is 315 g/mol. The Morgan fingerprint density at radius 1 is 0.792 bits per heavy atom. The van der Waals surface area contributed by atoms with E-state index in [1.807, 2.05) is 6.20 Å². The molecule has 1 nitrogen and oxygen atoms in total. The summed E-state index contributed by atoms with van der Waals surface area (Å²) < 4.78 is 0. The van der Waals surface area contributed by atoms with Crippen LogP contribution in [0.3, 0.4) is 0 Å². The molecule has 0 unspecified atom stereocenters. The van der Waals surface area contributed by atoms with Gasteiger partial charge in [0, 0.05) is 17.2 Å². The van der Waals surface area contributed by atoms with Gasteiger partial charge in [0.05, 0.1) is 5.69 Å². The highest BCUT2D eigenvalue weighted by Gasteiger charge is 2.23. The van der Waals surface area contributed by atoms with Gasteiger partial charge >= 0.3 is 0 Å². The van der Waals surface area contributed by atoms with Crippen molar-refractivity contribution in [3.8, 4) is 11.3 Å². The smallest absolute Gasteiger partial charge is 0.0704 e. The number of benzene rings is 2. The zero-order valence-electron chi connectivity index (χ0n) is 15.0. The van der Waals surface area contributed by atoms with Crippen LogP contribution in [-0.4, -0.2) is 4.98 Å². The Balaban J connectivity index is 2.02. The predicted molar refractivity (Wildman–Crippen MR) is 102 cm³/mol. The maximum atomic E-state index is 4.59. The number of aromatic nitrogens is 1. The molecule has 0 saturated carbocycles. The molecular formula is C23H25N. The van der Waals surface area contributed by atoms with E-state index in [9.17, 15) is 0 Å². The van der Waals surface area contributed by atoms with Crippen molar-refractivity contribution in [2.45, 2.75) is 39.0 Å². The zero-order valence-corrected chi connectivity index (χ0v) is 15.0. The van der Waals surface area contributed by atoms with Crippen LogP contribution in [0, 0.1) is 0 Å². The van der Waals surface area contributed by atoms with Gasteiger partial charge in [-0.05, 0) is 40.8 Å². The third-order valence-corrected chi connectivity index (χ3v) is 4.83. The average molecular weight is 315 g/mol. The van der Waals surface area contributed by atoms with Crippen LogP contribution < -0.4 is 0 Å². The first-order chi connectivity index (χ1) is 11.5. The molecule has 0 radical (unpaired) electrons. The van der Waals surface area contributed by atoms with Gasteiger partial charge in [0.15, 0.2) is 0 Å². The number of nitrogens with zero attached hydrogens (tertiary/aromatic N) is 1. The fourth-order valence-corrected chi connectivity index (χ4v) is 3.05. The van der Waals surface area contributed by atoms with Crippen molar-refractivity contribution < 1.29 is 0 Å². The molecule has 1 heterocycles. The lowest BCUT2D eigenvalue weighted by Crippen LogP contribution is -2.18. The van der Waals surface area contributed by atoms with Gasteiger partial charge in [-0.3, -0.25) is 4.98 Å². The first kappa shape index (κ1) is 16.4. The van der Waals surface area contributed by atoms with Crippen molar-refractivity contribution in [3.05, 3.63) is 89.6 Å². The Hall–Kier alpha value is -2.41. The zero-order chi connectivity index (χ0) is 17.2. The van der Waals surface area contributed by atoms with Crippen molar-refractivity contribution in [2.24, 2.45) is 0 Å². The second-order valence-corrected chi connectivity index (χ2v) is 7.20. The summed E-state index contributed by atoms with van der Waals surface area (Å²) >= 11 is 0. The normalized spacial score (nSPS) is 11.7. The Labute approximate surface area is 145 Å². The molecule has 24 heavy (non-hydrogen) atoms. The minimum Gasteiger partial charge on any atom is -0.256 e. The van der Waals surface area contributed by atoms with Crippen LogP contribution in [0.1, 0.15) is 50.3 Å².